The smallest absolute Gasteiger partial charge is 0.0767 e. The molecule has 18 heavy (non-hydrogen) atoms. The third-order valence-electron chi connectivity index (χ3n) is 4.88. The van der Waals surface area contributed by atoms with Gasteiger partial charge in [0.15, 0.2) is 0 Å². The predicted octanol–water partition coefficient (Wildman–Crippen LogP) is 1.24. The van der Waals surface area contributed by atoms with Gasteiger partial charge in [-0.25, -0.2) is 0 Å². The Morgan fingerprint density at radius 2 is 2.11 bits per heavy atom. The van der Waals surface area contributed by atoms with E-state index in [4.69, 9.17) is 15.2 Å². The van der Waals surface area contributed by atoms with E-state index < -0.39 is 0 Å². The maximum atomic E-state index is 6.15. The second-order valence-corrected chi connectivity index (χ2v) is 5.83. The monoisotopic (exact) mass is 256 g/mol. The molecule has 0 radical (unpaired) electrons. The summed E-state index contributed by atoms with van der Waals surface area (Å²) in [6.45, 7) is 3.84. The number of ether oxygens (including phenoxy) is 2. The van der Waals surface area contributed by atoms with Crippen molar-refractivity contribution in [3.05, 3.63) is 0 Å². The molecule has 0 spiro atoms. The Hall–Kier alpha value is -0.160. The van der Waals surface area contributed by atoms with Crippen molar-refractivity contribution in [2.45, 2.75) is 43.7 Å². The first-order valence-electron chi connectivity index (χ1n) is 7.23. The highest BCUT2D eigenvalue weighted by Gasteiger charge is 2.46. The van der Waals surface area contributed by atoms with Gasteiger partial charge in [-0.1, -0.05) is 12.8 Å². The van der Waals surface area contributed by atoms with Crippen LogP contribution in [0.1, 0.15) is 32.1 Å². The molecule has 2 fully saturated rings. The van der Waals surface area contributed by atoms with Gasteiger partial charge >= 0.3 is 0 Å². The zero-order valence-corrected chi connectivity index (χ0v) is 11.9. The molecule has 106 valence electrons. The predicted molar refractivity (Wildman–Crippen MR) is 72.6 cm³/mol. The fourth-order valence-corrected chi connectivity index (χ4v) is 3.86. The molecule has 2 rings (SSSR count). The maximum Gasteiger partial charge on any atom is 0.0767 e. The van der Waals surface area contributed by atoms with E-state index in [1.165, 1.54) is 25.7 Å². The minimum Gasteiger partial charge on any atom is -0.384 e. The Morgan fingerprint density at radius 1 is 1.28 bits per heavy atom. The molecule has 1 saturated carbocycles. The van der Waals surface area contributed by atoms with Crippen molar-refractivity contribution in [1.29, 1.82) is 0 Å². The van der Waals surface area contributed by atoms with Gasteiger partial charge < -0.3 is 15.2 Å². The van der Waals surface area contributed by atoms with Gasteiger partial charge in [0.2, 0.25) is 0 Å². The zero-order chi connectivity index (χ0) is 13.0. The van der Waals surface area contributed by atoms with Crippen LogP contribution < -0.4 is 5.73 Å². The van der Waals surface area contributed by atoms with E-state index >= 15 is 0 Å². The molecule has 3 atom stereocenters. The Morgan fingerprint density at radius 3 is 2.78 bits per heavy atom. The van der Waals surface area contributed by atoms with Crippen molar-refractivity contribution in [3.8, 4) is 0 Å². The summed E-state index contributed by atoms with van der Waals surface area (Å²) in [4.78, 5) is 2.59. The number of nitrogens with zero attached hydrogens (tertiary/aromatic N) is 1. The Kier molecular flexibility index (Phi) is 5.01. The summed E-state index contributed by atoms with van der Waals surface area (Å²) in [7, 11) is 3.63. The highest BCUT2D eigenvalue weighted by molar-refractivity contribution is 5.03. The second kappa shape index (κ2) is 6.33. The van der Waals surface area contributed by atoms with Crippen LogP contribution in [0.2, 0.25) is 0 Å². The summed E-state index contributed by atoms with van der Waals surface area (Å²) < 4.78 is 11.0. The lowest BCUT2D eigenvalue weighted by molar-refractivity contribution is -0.0688. The fourth-order valence-electron chi connectivity index (χ4n) is 3.86. The van der Waals surface area contributed by atoms with Crippen LogP contribution in [0.4, 0.5) is 0 Å². The summed E-state index contributed by atoms with van der Waals surface area (Å²) in [5, 5.41) is 0. The Bertz CT molecular complexity index is 262. The van der Waals surface area contributed by atoms with Crippen LogP contribution in [0.5, 0.6) is 0 Å². The van der Waals surface area contributed by atoms with Gasteiger partial charge in [-0.15, -0.1) is 0 Å². The molecule has 0 bridgehead atoms. The third-order valence-corrected chi connectivity index (χ3v) is 4.88. The van der Waals surface area contributed by atoms with Crippen LogP contribution in [0.25, 0.3) is 0 Å². The lowest BCUT2D eigenvalue weighted by Crippen LogP contribution is -2.62. The number of rotatable bonds is 5. The molecule has 4 heteroatoms. The zero-order valence-electron chi connectivity index (χ0n) is 11.9. The minimum absolute atomic E-state index is 0.0789. The van der Waals surface area contributed by atoms with Crippen LogP contribution >= 0.6 is 0 Å². The molecule has 2 N–H and O–H groups in total. The third kappa shape index (κ3) is 2.57. The molecule has 0 aromatic carbocycles. The molecular formula is C14H28N2O2. The first-order valence-corrected chi connectivity index (χ1v) is 7.23. The van der Waals surface area contributed by atoms with Crippen LogP contribution in [0.3, 0.4) is 0 Å². The van der Waals surface area contributed by atoms with Crippen molar-refractivity contribution in [2.24, 2.45) is 11.7 Å². The van der Waals surface area contributed by atoms with Crippen molar-refractivity contribution in [1.82, 2.24) is 4.90 Å². The van der Waals surface area contributed by atoms with Gasteiger partial charge in [-0.05, 0) is 31.7 Å². The van der Waals surface area contributed by atoms with Crippen molar-refractivity contribution < 1.29 is 9.47 Å². The van der Waals surface area contributed by atoms with E-state index in [9.17, 15) is 0 Å². The number of nitrogens with two attached hydrogens (primary N) is 1. The van der Waals surface area contributed by atoms with Crippen molar-refractivity contribution in [3.63, 3.8) is 0 Å². The SMILES string of the molecule is COCC1CCN(C2(CN)CCCCC2OC)C1. The van der Waals surface area contributed by atoms with Gasteiger partial charge in [-0.2, -0.15) is 0 Å². The molecule has 4 nitrogen and oxygen atoms in total. The molecule has 0 aromatic heterocycles. The van der Waals surface area contributed by atoms with Gasteiger partial charge in [0.25, 0.3) is 0 Å². The quantitative estimate of drug-likeness (QED) is 0.804. The molecule has 1 aliphatic carbocycles. The van der Waals surface area contributed by atoms with E-state index in [0.717, 1.165) is 26.1 Å². The number of likely N-dealkylation sites (tertiary alicyclic amines) is 1. The molecule has 0 amide bonds. The Labute approximate surface area is 111 Å². The summed E-state index contributed by atoms with van der Waals surface area (Å²) in [6, 6.07) is 0. The minimum atomic E-state index is 0.0789. The molecule has 1 saturated heterocycles. The summed E-state index contributed by atoms with van der Waals surface area (Å²) in [5.41, 5.74) is 6.23. The van der Waals surface area contributed by atoms with Crippen molar-refractivity contribution in [2.75, 3.05) is 40.5 Å². The molecular weight excluding hydrogens is 228 g/mol. The highest BCUT2D eigenvalue weighted by atomic mass is 16.5. The largest absolute Gasteiger partial charge is 0.384 e. The van der Waals surface area contributed by atoms with Crippen LogP contribution in [-0.2, 0) is 9.47 Å². The lowest BCUT2D eigenvalue weighted by Gasteiger charge is -2.49. The average molecular weight is 256 g/mol. The first-order chi connectivity index (χ1) is 8.76. The van der Waals surface area contributed by atoms with E-state index in [1.54, 1.807) is 7.11 Å². The highest BCUT2D eigenvalue weighted by Crippen LogP contribution is 2.38. The fraction of sp³-hybridized carbons (Fsp3) is 1.00. The summed E-state index contributed by atoms with van der Waals surface area (Å²) >= 11 is 0. The van der Waals surface area contributed by atoms with E-state index in [1.807, 2.05) is 7.11 Å². The lowest BCUT2D eigenvalue weighted by atomic mass is 9.77. The Balaban J connectivity index is 2.06. The van der Waals surface area contributed by atoms with Crippen LogP contribution in [0, 0.1) is 5.92 Å². The maximum absolute atomic E-state index is 6.15. The summed E-state index contributed by atoms with van der Waals surface area (Å²) in [6.07, 6.45) is 6.42. The normalized spacial score (nSPS) is 38.2. The van der Waals surface area contributed by atoms with Crippen LogP contribution in [0.15, 0.2) is 0 Å². The first kappa shape index (κ1) is 14.3. The summed E-state index contributed by atoms with van der Waals surface area (Å²) in [5.74, 6) is 0.665. The van der Waals surface area contributed by atoms with Gasteiger partial charge in [-0.3, -0.25) is 4.90 Å². The van der Waals surface area contributed by atoms with E-state index in [-0.39, 0.29) is 5.54 Å². The molecule has 0 aromatic rings. The van der Waals surface area contributed by atoms with Gasteiger partial charge in [0.1, 0.15) is 0 Å². The topological polar surface area (TPSA) is 47.7 Å². The second-order valence-electron chi connectivity index (χ2n) is 5.83. The van der Waals surface area contributed by atoms with Gasteiger partial charge in [0.05, 0.1) is 18.2 Å². The van der Waals surface area contributed by atoms with Crippen LogP contribution in [-0.4, -0.2) is 57.0 Å². The average Bonchev–Trinajstić information content (AvgIpc) is 2.88. The number of hydrogen-bond donors (Lipinski definition) is 1. The molecule has 3 unspecified atom stereocenters. The molecule has 1 heterocycles. The number of hydrogen-bond acceptors (Lipinski definition) is 4. The standard InChI is InChI=1S/C14H28N2O2/c1-17-10-12-6-8-16(9-12)14(11-15)7-4-3-5-13(14)18-2/h12-13H,3-11,15H2,1-2H3. The molecule has 2 aliphatic rings. The van der Waals surface area contributed by atoms with Gasteiger partial charge in [0, 0.05) is 27.3 Å². The molecule has 1 aliphatic heterocycles. The van der Waals surface area contributed by atoms with E-state index in [0.29, 0.717) is 18.6 Å². The van der Waals surface area contributed by atoms with E-state index in [2.05, 4.69) is 4.90 Å². The number of methoxy groups -OCH3 is 2. The van der Waals surface area contributed by atoms with Crippen molar-refractivity contribution >= 4 is 0 Å².